The molecule has 4 aliphatic rings. The number of rotatable bonds is 3. The Balaban J connectivity index is 1.31. The number of thiazole rings is 1. The first kappa shape index (κ1) is 22.4. The number of amides is 2. The van der Waals surface area contributed by atoms with Crippen LogP contribution in [0.5, 0.6) is 0 Å². The summed E-state index contributed by atoms with van der Waals surface area (Å²) in [5, 5.41) is 1.16. The SMILES string of the molecule is Cc1ccc(N2C(=O)[C@H]3[C@@H]4C[C@@H]([C@@H]3C2=O)[C@H]2[C@@H](c3ccc(N(C)C)cc3)c3sc(=O)[nH]c3S[C@H]42)cc1. The zero-order chi connectivity index (χ0) is 24.9. The average Bonchev–Trinajstić information content (AvgIpc) is 3.59. The van der Waals surface area contributed by atoms with Crippen LogP contribution in [0.2, 0.25) is 0 Å². The van der Waals surface area contributed by atoms with E-state index < -0.39 is 0 Å². The number of hydrogen-bond donors (Lipinski definition) is 1. The Morgan fingerprint density at radius 1 is 0.917 bits per heavy atom. The molecule has 0 radical (unpaired) electrons. The number of fused-ring (bicyclic) bond motifs is 9. The second-order valence-corrected chi connectivity index (χ2v) is 13.0. The van der Waals surface area contributed by atoms with E-state index in [1.807, 2.05) is 45.3 Å². The zero-order valence-electron chi connectivity index (χ0n) is 20.3. The highest BCUT2D eigenvalue weighted by molar-refractivity contribution is 8.00. The van der Waals surface area contributed by atoms with Crippen molar-refractivity contribution < 1.29 is 9.59 Å². The molecule has 3 aromatic rings. The van der Waals surface area contributed by atoms with Crippen molar-refractivity contribution in [3.63, 3.8) is 0 Å². The van der Waals surface area contributed by atoms with Crippen LogP contribution in [0.15, 0.2) is 58.4 Å². The first-order valence-electron chi connectivity index (χ1n) is 12.4. The van der Waals surface area contributed by atoms with Crippen LogP contribution < -0.4 is 14.7 Å². The fourth-order valence-electron chi connectivity index (χ4n) is 7.32. The molecule has 3 fully saturated rings. The van der Waals surface area contributed by atoms with Gasteiger partial charge in [-0.25, -0.2) is 0 Å². The van der Waals surface area contributed by atoms with E-state index in [0.29, 0.717) is 5.69 Å². The minimum absolute atomic E-state index is 0.0346. The molecule has 7 rings (SSSR count). The lowest BCUT2D eigenvalue weighted by molar-refractivity contribution is -0.123. The lowest BCUT2D eigenvalue weighted by Gasteiger charge is -2.43. The van der Waals surface area contributed by atoms with E-state index in [2.05, 4.69) is 34.1 Å². The van der Waals surface area contributed by atoms with Crippen LogP contribution in [-0.4, -0.2) is 36.1 Å². The van der Waals surface area contributed by atoms with Gasteiger partial charge in [0.25, 0.3) is 0 Å². The molecule has 2 aliphatic heterocycles. The van der Waals surface area contributed by atoms with Gasteiger partial charge in [0.1, 0.15) is 0 Å². The van der Waals surface area contributed by atoms with Crippen LogP contribution in [0.1, 0.15) is 28.3 Å². The number of aromatic nitrogens is 1. The van der Waals surface area contributed by atoms with Crippen molar-refractivity contribution in [3.8, 4) is 0 Å². The van der Waals surface area contributed by atoms with Crippen LogP contribution in [0, 0.1) is 36.5 Å². The minimum Gasteiger partial charge on any atom is -0.378 e. The Kier molecular flexibility index (Phi) is 4.86. The number of carbonyl (C=O) groups excluding carboxylic acids is 2. The van der Waals surface area contributed by atoms with E-state index in [0.717, 1.165) is 27.6 Å². The maximum absolute atomic E-state index is 13.8. The number of nitrogens with zero attached hydrogens (tertiary/aromatic N) is 2. The van der Waals surface area contributed by atoms with E-state index in [4.69, 9.17) is 0 Å². The fourth-order valence-corrected chi connectivity index (χ4v) is 10.2. The smallest absolute Gasteiger partial charge is 0.305 e. The summed E-state index contributed by atoms with van der Waals surface area (Å²) in [6, 6.07) is 16.3. The van der Waals surface area contributed by atoms with E-state index in [1.54, 1.807) is 11.8 Å². The number of hydrogen-bond acceptors (Lipinski definition) is 6. The summed E-state index contributed by atoms with van der Waals surface area (Å²) in [5.41, 5.74) is 4.09. The van der Waals surface area contributed by atoms with Crippen molar-refractivity contribution in [2.24, 2.45) is 29.6 Å². The Labute approximate surface area is 217 Å². The molecule has 2 bridgehead atoms. The molecular formula is C28H27N3O3S2. The first-order chi connectivity index (χ1) is 17.3. The van der Waals surface area contributed by atoms with Crippen LogP contribution in [0.4, 0.5) is 11.4 Å². The number of H-pyrrole nitrogens is 1. The van der Waals surface area contributed by atoms with Gasteiger partial charge in [-0.1, -0.05) is 41.2 Å². The highest BCUT2D eigenvalue weighted by Crippen LogP contribution is 2.68. The van der Waals surface area contributed by atoms with E-state index in [1.165, 1.54) is 21.8 Å². The van der Waals surface area contributed by atoms with Gasteiger partial charge >= 0.3 is 4.87 Å². The minimum atomic E-state index is -0.272. The van der Waals surface area contributed by atoms with Gasteiger partial charge in [0.2, 0.25) is 11.8 Å². The molecule has 3 heterocycles. The van der Waals surface area contributed by atoms with Crippen LogP contribution in [-0.2, 0) is 9.59 Å². The molecule has 2 saturated carbocycles. The van der Waals surface area contributed by atoms with E-state index in [-0.39, 0.29) is 57.4 Å². The summed E-state index contributed by atoms with van der Waals surface area (Å²) >= 11 is 3.03. The van der Waals surface area contributed by atoms with Crippen molar-refractivity contribution >= 4 is 46.3 Å². The van der Waals surface area contributed by atoms with Crippen LogP contribution in [0.25, 0.3) is 0 Å². The Morgan fingerprint density at radius 3 is 2.25 bits per heavy atom. The van der Waals surface area contributed by atoms with Crippen molar-refractivity contribution in [2.75, 3.05) is 23.9 Å². The predicted octanol–water partition coefficient (Wildman–Crippen LogP) is 4.49. The normalized spacial score (nSPS) is 32.0. The third-order valence-electron chi connectivity index (χ3n) is 8.78. The quantitative estimate of drug-likeness (QED) is 0.519. The number of thioether (sulfide) groups is 1. The Bertz CT molecular complexity index is 1440. The van der Waals surface area contributed by atoms with Crippen molar-refractivity contribution in [2.45, 2.75) is 29.5 Å². The molecule has 1 N–H and O–H groups in total. The average molecular weight is 518 g/mol. The molecule has 8 heteroatoms. The molecule has 7 atom stereocenters. The number of imide groups is 1. The van der Waals surface area contributed by atoms with Gasteiger partial charge in [-0.2, -0.15) is 0 Å². The number of benzene rings is 2. The Morgan fingerprint density at radius 2 is 1.58 bits per heavy atom. The topological polar surface area (TPSA) is 73.5 Å². The Hall–Kier alpha value is -2.84. The molecule has 184 valence electrons. The second-order valence-electron chi connectivity index (χ2n) is 10.8. The third kappa shape index (κ3) is 3.00. The molecular weight excluding hydrogens is 490 g/mol. The largest absolute Gasteiger partial charge is 0.378 e. The lowest BCUT2D eigenvalue weighted by Crippen LogP contribution is -2.42. The second kappa shape index (κ2) is 7.83. The molecule has 0 unspecified atom stereocenters. The molecule has 0 spiro atoms. The molecule has 2 aliphatic carbocycles. The zero-order valence-corrected chi connectivity index (χ0v) is 21.9. The summed E-state index contributed by atoms with van der Waals surface area (Å²) in [6.45, 7) is 2.00. The van der Waals surface area contributed by atoms with Gasteiger partial charge in [0.15, 0.2) is 0 Å². The lowest BCUT2D eigenvalue weighted by atomic mass is 9.68. The first-order valence-corrected chi connectivity index (χ1v) is 14.1. The number of nitrogens with one attached hydrogen (secondary N) is 1. The summed E-state index contributed by atoms with van der Waals surface area (Å²) in [6.07, 6.45) is 0.905. The van der Waals surface area contributed by atoms with E-state index in [9.17, 15) is 14.4 Å². The van der Waals surface area contributed by atoms with Gasteiger partial charge in [0, 0.05) is 35.8 Å². The highest BCUT2D eigenvalue weighted by atomic mass is 32.2. The van der Waals surface area contributed by atoms with Gasteiger partial charge < -0.3 is 9.88 Å². The van der Waals surface area contributed by atoms with Crippen LogP contribution in [0.3, 0.4) is 0 Å². The van der Waals surface area contributed by atoms with Crippen molar-refractivity contribution in [1.82, 2.24) is 4.98 Å². The van der Waals surface area contributed by atoms with E-state index >= 15 is 0 Å². The number of anilines is 2. The monoisotopic (exact) mass is 517 g/mol. The summed E-state index contributed by atoms with van der Waals surface area (Å²) in [7, 11) is 4.05. The molecule has 2 amide bonds. The van der Waals surface area contributed by atoms with Crippen molar-refractivity contribution in [1.29, 1.82) is 0 Å². The van der Waals surface area contributed by atoms with Gasteiger partial charge in [-0.15, -0.1) is 11.8 Å². The molecule has 2 aromatic carbocycles. The summed E-state index contributed by atoms with van der Waals surface area (Å²) in [4.78, 5) is 47.6. The van der Waals surface area contributed by atoms with Gasteiger partial charge in [0.05, 0.1) is 22.5 Å². The fraction of sp³-hybridized carbons (Fsp3) is 0.393. The van der Waals surface area contributed by atoms with Crippen molar-refractivity contribution in [3.05, 3.63) is 74.2 Å². The highest BCUT2D eigenvalue weighted by Gasteiger charge is 2.69. The molecule has 6 nitrogen and oxygen atoms in total. The standard InChI is InChI=1S/C28H27N3O3S2/c1-13-4-8-16(9-5-13)31-26(32)21-17-12-18(22(21)27(31)33)23-20(17)19(24-25(35-23)29-28(34)36-24)14-6-10-15(11-7-14)30(2)3/h4-11,17-23H,12H2,1-3H3,(H,29,34)/t17-,18+,19-,20+,21+,22+,23-/m1/s1. The summed E-state index contributed by atoms with van der Waals surface area (Å²) < 4.78 is 0. The molecule has 36 heavy (non-hydrogen) atoms. The van der Waals surface area contributed by atoms with Gasteiger partial charge in [-0.05, 0) is 60.9 Å². The number of carbonyl (C=O) groups is 2. The third-order valence-corrected chi connectivity index (χ3v) is 11.4. The number of aryl methyl sites for hydroxylation is 1. The number of aromatic amines is 1. The molecule has 1 aromatic heterocycles. The summed E-state index contributed by atoms with van der Waals surface area (Å²) in [5.74, 6) is -0.0711. The van der Waals surface area contributed by atoms with Crippen LogP contribution >= 0.6 is 23.1 Å². The maximum atomic E-state index is 13.8. The maximum Gasteiger partial charge on any atom is 0.305 e. The molecule has 1 saturated heterocycles. The predicted molar refractivity (Wildman–Crippen MR) is 143 cm³/mol. The van der Waals surface area contributed by atoms with Gasteiger partial charge in [-0.3, -0.25) is 19.3 Å².